The van der Waals surface area contributed by atoms with Crippen LogP contribution in [0, 0.1) is 0 Å². The van der Waals surface area contributed by atoms with Crippen molar-refractivity contribution < 1.29 is 19.1 Å². The molecule has 0 saturated heterocycles. The highest BCUT2D eigenvalue weighted by Gasteiger charge is 2.30. The van der Waals surface area contributed by atoms with Gasteiger partial charge >= 0.3 is 0 Å². The van der Waals surface area contributed by atoms with E-state index in [1.807, 2.05) is 12.1 Å². The largest absolute Gasteiger partial charge is 0.436 e. The summed E-state index contributed by atoms with van der Waals surface area (Å²) >= 11 is 5.90. The topological polar surface area (TPSA) is 95.7 Å². The number of halogens is 1. The SMILES string of the molecule is O=C1C=C(Nc2ccc3oc(-c4ccc(Cl)cc4)nc3c2)C(=O)N1CCO. The van der Waals surface area contributed by atoms with Gasteiger partial charge in [0.2, 0.25) is 5.89 Å². The number of oxazole rings is 1. The number of β-amino-alcohol motifs (C(OH)–C–C–N with tert-alkyl or cyclic N) is 1. The summed E-state index contributed by atoms with van der Waals surface area (Å²) in [6, 6.07) is 12.3. The Morgan fingerprint density at radius 1 is 1.15 bits per heavy atom. The van der Waals surface area contributed by atoms with Crippen LogP contribution in [0.3, 0.4) is 0 Å². The Hall–Kier alpha value is -3.16. The maximum Gasteiger partial charge on any atom is 0.277 e. The van der Waals surface area contributed by atoms with E-state index >= 15 is 0 Å². The maximum absolute atomic E-state index is 12.2. The van der Waals surface area contributed by atoms with Crippen LogP contribution in [-0.4, -0.2) is 40.0 Å². The number of carbonyl (C=O) groups excluding carboxylic acids is 2. The Kier molecular flexibility index (Phi) is 4.39. The highest BCUT2D eigenvalue weighted by molar-refractivity contribution is 6.30. The number of aliphatic hydroxyl groups excluding tert-OH is 1. The molecule has 1 aromatic heterocycles. The van der Waals surface area contributed by atoms with Gasteiger partial charge in [0.25, 0.3) is 11.8 Å². The molecule has 3 aromatic rings. The molecule has 0 fully saturated rings. The van der Waals surface area contributed by atoms with Crippen molar-refractivity contribution in [1.82, 2.24) is 9.88 Å². The van der Waals surface area contributed by atoms with E-state index in [0.717, 1.165) is 10.5 Å². The van der Waals surface area contributed by atoms with Gasteiger partial charge in [-0.1, -0.05) is 11.6 Å². The van der Waals surface area contributed by atoms with E-state index < -0.39 is 11.8 Å². The van der Waals surface area contributed by atoms with Crippen molar-refractivity contribution in [3.05, 3.63) is 59.3 Å². The van der Waals surface area contributed by atoms with Crippen LogP contribution < -0.4 is 5.32 Å². The first-order valence-electron chi connectivity index (χ1n) is 8.17. The molecule has 0 saturated carbocycles. The number of rotatable bonds is 5. The Bertz CT molecular complexity index is 1070. The van der Waals surface area contributed by atoms with Gasteiger partial charge in [0.15, 0.2) is 5.58 Å². The summed E-state index contributed by atoms with van der Waals surface area (Å²) in [4.78, 5) is 29.5. The molecule has 7 nitrogen and oxygen atoms in total. The fourth-order valence-electron chi connectivity index (χ4n) is 2.79. The van der Waals surface area contributed by atoms with Crippen LogP contribution in [0.5, 0.6) is 0 Å². The molecule has 136 valence electrons. The first-order valence-corrected chi connectivity index (χ1v) is 8.55. The second kappa shape index (κ2) is 6.86. The third kappa shape index (κ3) is 3.30. The van der Waals surface area contributed by atoms with Gasteiger partial charge in [-0.3, -0.25) is 14.5 Å². The fraction of sp³-hybridized carbons (Fsp3) is 0.105. The van der Waals surface area contributed by atoms with Crippen LogP contribution in [0.2, 0.25) is 5.02 Å². The number of nitrogens with one attached hydrogen (secondary N) is 1. The number of benzene rings is 2. The van der Waals surface area contributed by atoms with Gasteiger partial charge < -0.3 is 14.8 Å². The van der Waals surface area contributed by atoms with Crippen LogP contribution in [0.25, 0.3) is 22.6 Å². The molecule has 0 spiro atoms. The molecule has 2 heterocycles. The average molecular weight is 384 g/mol. The number of aromatic nitrogens is 1. The minimum atomic E-state index is -0.476. The summed E-state index contributed by atoms with van der Waals surface area (Å²) in [7, 11) is 0. The van der Waals surface area contributed by atoms with E-state index in [9.17, 15) is 9.59 Å². The summed E-state index contributed by atoms with van der Waals surface area (Å²) in [5.74, 6) is -0.473. The zero-order chi connectivity index (χ0) is 19.0. The molecular formula is C19H14ClN3O4. The number of imide groups is 1. The highest BCUT2D eigenvalue weighted by atomic mass is 35.5. The number of hydrogen-bond donors (Lipinski definition) is 2. The number of aliphatic hydroxyl groups is 1. The summed E-state index contributed by atoms with van der Waals surface area (Å²) in [6.07, 6.45) is 1.21. The Morgan fingerprint density at radius 2 is 1.93 bits per heavy atom. The first-order chi connectivity index (χ1) is 13.0. The molecule has 0 atom stereocenters. The standard InChI is InChI=1S/C19H14ClN3O4/c20-12-3-1-11(2-4-12)18-22-14-9-13(5-6-16(14)27-18)21-15-10-17(25)23(7-8-24)19(15)26/h1-6,9-10,21,24H,7-8H2. The van der Waals surface area contributed by atoms with Crippen molar-refractivity contribution in [1.29, 1.82) is 0 Å². The lowest BCUT2D eigenvalue weighted by molar-refractivity contribution is -0.137. The summed E-state index contributed by atoms with van der Waals surface area (Å²) in [5.41, 5.74) is 2.74. The van der Waals surface area contributed by atoms with Crippen LogP contribution in [-0.2, 0) is 9.59 Å². The molecule has 0 bridgehead atoms. The molecule has 27 heavy (non-hydrogen) atoms. The lowest BCUT2D eigenvalue weighted by Gasteiger charge is -2.13. The lowest BCUT2D eigenvalue weighted by atomic mass is 10.2. The molecule has 2 amide bonds. The summed E-state index contributed by atoms with van der Waals surface area (Å²) < 4.78 is 5.75. The maximum atomic E-state index is 12.2. The van der Waals surface area contributed by atoms with Gasteiger partial charge in [0, 0.05) is 22.3 Å². The Labute approximate surface area is 158 Å². The number of hydrogen-bond acceptors (Lipinski definition) is 6. The molecule has 8 heteroatoms. The summed E-state index contributed by atoms with van der Waals surface area (Å²) in [5, 5.41) is 12.5. The Balaban J connectivity index is 1.59. The quantitative estimate of drug-likeness (QED) is 0.658. The van der Waals surface area contributed by atoms with Crippen LogP contribution in [0.1, 0.15) is 0 Å². The molecule has 0 aliphatic carbocycles. The van der Waals surface area contributed by atoms with Crippen LogP contribution in [0.4, 0.5) is 5.69 Å². The number of fused-ring (bicyclic) bond motifs is 1. The van der Waals surface area contributed by atoms with Gasteiger partial charge in [0.1, 0.15) is 11.2 Å². The predicted molar refractivity (Wildman–Crippen MR) is 100.0 cm³/mol. The second-order valence-corrected chi connectivity index (χ2v) is 6.35. The second-order valence-electron chi connectivity index (χ2n) is 5.91. The molecule has 1 aliphatic heterocycles. The molecule has 4 rings (SSSR count). The lowest BCUT2D eigenvalue weighted by Crippen LogP contribution is -2.34. The molecule has 0 unspecified atom stereocenters. The molecule has 1 aliphatic rings. The average Bonchev–Trinajstić information content (AvgIpc) is 3.19. The molecule has 0 radical (unpaired) electrons. The molecular weight excluding hydrogens is 370 g/mol. The molecule has 2 aromatic carbocycles. The van der Waals surface area contributed by atoms with E-state index in [1.165, 1.54) is 6.08 Å². The zero-order valence-electron chi connectivity index (χ0n) is 14.0. The van der Waals surface area contributed by atoms with Crippen LogP contribution in [0.15, 0.2) is 58.7 Å². The van der Waals surface area contributed by atoms with Crippen molar-refractivity contribution in [3.63, 3.8) is 0 Å². The zero-order valence-corrected chi connectivity index (χ0v) is 14.7. The predicted octanol–water partition coefficient (Wildman–Crippen LogP) is 2.81. The third-order valence-corrected chi connectivity index (χ3v) is 4.34. The first kappa shape index (κ1) is 17.3. The van der Waals surface area contributed by atoms with Crippen LogP contribution >= 0.6 is 11.6 Å². The normalized spacial score (nSPS) is 14.1. The number of anilines is 1. The van der Waals surface area contributed by atoms with Gasteiger partial charge in [-0.05, 0) is 42.5 Å². The Morgan fingerprint density at radius 3 is 2.67 bits per heavy atom. The molecule has 2 N–H and O–H groups in total. The monoisotopic (exact) mass is 383 g/mol. The van der Waals surface area contributed by atoms with E-state index in [-0.39, 0.29) is 18.8 Å². The van der Waals surface area contributed by atoms with Crippen molar-refractivity contribution >= 4 is 40.2 Å². The van der Waals surface area contributed by atoms with E-state index in [2.05, 4.69) is 10.3 Å². The van der Waals surface area contributed by atoms with Gasteiger partial charge in [-0.2, -0.15) is 0 Å². The van der Waals surface area contributed by atoms with Gasteiger partial charge in [-0.15, -0.1) is 0 Å². The minimum absolute atomic E-state index is 0.0356. The smallest absolute Gasteiger partial charge is 0.277 e. The highest BCUT2D eigenvalue weighted by Crippen LogP contribution is 2.28. The summed E-state index contributed by atoms with van der Waals surface area (Å²) in [6.45, 7) is -0.316. The number of amides is 2. The van der Waals surface area contributed by atoms with Crippen molar-refractivity contribution in [3.8, 4) is 11.5 Å². The van der Waals surface area contributed by atoms with Crippen molar-refractivity contribution in [2.45, 2.75) is 0 Å². The van der Waals surface area contributed by atoms with Crippen molar-refractivity contribution in [2.24, 2.45) is 0 Å². The fourth-order valence-corrected chi connectivity index (χ4v) is 2.91. The van der Waals surface area contributed by atoms with E-state index in [1.54, 1.807) is 30.3 Å². The third-order valence-electron chi connectivity index (χ3n) is 4.09. The van der Waals surface area contributed by atoms with Gasteiger partial charge in [-0.25, -0.2) is 4.98 Å². The number of carbonyl (C=O) groups is 2. The van der Waals surface area contributed by atoms with Crippen molar-refractivity contribution in [2.75, 3.05) is 18.5 Å². The number of nitrogens with zero attached hydrogens (tertiary/aromatic N) is 2. The van der Waals surface area contributed by atoms with Gasteiger partial charge in [0.05, 0.1) is 13.2 Å². The minimum Gasteiger partial charge on any atom is -0.436 e. The van der Waals surface area contributed by atoms with E-state index in [0.29, 0.717) is 27.7 Å². The van der Waals surface area contributed by atoms with E-state index in [4.69, 9.17) is 21.1 Å².